The lowest BCUT2D eigenvalue weighted by Crippen LogP contribution is -2.28. The quantitative estimate of drug-likeness (QED) is 0.499. The van der Waals surface area contributed by atoms with Crippen LogP contribution in [0, 0.1) is 5.82 Å². The minimum absolute atomic E-state index is 0.174. The summed E-state index contributed by atoms with van der Waals surface area (Å²) in [5.41, 5.74) is 1.33. The summed E-state index contributed by atoms with van der Waals surface area (Å²) in [6.07, 6.45) is 0.458. The van der Waals surface area contributed by atoms with Gasteiger partial charge in [0.25, 0.3) is 0 Å². The summed E-state index contributed by atoms with van der Waals surface area (Å²) in [6, 6.07) is 2.39. The van der Waals surface area contributed by atoms with Crippen LogP contribution in [-0.2, 0) is 16.1 Å². The molecule has 2 N–H and O–H groups in total. The van der Waals surface area contributed by atoms with E-state index in [0.717, 1.165) is 0 Å². The highest BCUT2D eigenvalue weighted by molar-refractivity contribution is 6.61. The molecule has 1 aromatic carbocycles. The first kappa shape index (κ1) is 9.17. The predicted molar refractivity (Wildman–Crippen MR) is 48.5 cm³/mol. The van der Waals surface area contributed by atoms with Gasteiger partial charge in [-0.05, 0) is 23.2 Å². The van der Waals surface area contributed by atoms with Crippen molar-refractivity contribution in [2.24, 2.45) is 0 Å². The van der Waals surface area contributed by atoms with Gasteiger partial charge in [-0.2, -0.15) is 0 Å². The molecule has 1 heterocycles. The van der Waals surface area contributed by atoms with Crippen molar-refractivity contribution < 1.29 is 18.9 Å². The normalized spacial score (nSPS) is 14.0. The highest BCUT2D eigenvalue weighted by Gasteiger charge is 2.29. The number of hydrogen-bond donors (Lipinski definition) is 2. The Balaban J connectivity index is 2.51. The first-order valence-electron chi connectivity index (χ1n) is 4.04. The molecule has 1 aliphatic rings. The van der Waals surface area contributed by atoms with Crippen molar-refractivity contribution in [2.45, 2.75) is 6.61 Å². The Hall–Kier alpha value is -1.40. The van der Waals surface area contributed by atoms with Gasteiger partial charge in [-0.3, -0.25) is 4.79 Å². The Morgan fingerprint density at radius 2 is 2.43 bits per heavy atom. The van der Waals surface area contributed by atoms with Crippen LogP contribution in [0.4, 0.5) is 10.1 Å². The zero-order valence-electron chi connectivity index (χ0n) is 7.16. The number of anilines is 1. The van der Waals surface area contributed by atoms with Gasteiger partial charge < -0.3 is 15.0 Å². The van der Waals surface area contributed by atoms with E-state index in [0.29, 0.717) is 23.1 Å². The largest absolute Gasteiger partial charge is 0.491 e. The van der Waals surface area contributed by atoms with E-state index in [9.17, 15) is 14.2 Å². The molecule has 14 heavy (non-hydrogen) atoms. The summed E-state index contributed by atoms with van der Waals surface area (Å²) < 4.78 is 17.9. The molecule has 0 saturated carbocycles. The van der Waals surface area contributed by atoms with Crippen molar-refractivity contribution in [3.8, 4) is 0 Å². The number of benzene rings is 1. The molecule has 0 saturated heterocycles. The number of carbonyl (C=O) groups is 1. The second-order valence-corrected chi connectivity index (χ2v) is 2.95. The first-order chi connectivity index (χ1) is 6.72. The summed E-state index contributed by atoms with van der Waals surface area (Å²) in [7, 11) is -1.10. The number of nitrogens with one attached hydrogen (secondary N) is 1. The van der Waals surface area contributed by atoms with Crippen LogP contribution in [-0.4, -0.2) is 18.6 Å². The van der Waals surface area contributed by atoms with E-state index < -0.39 is 12.9 Å². The molecule has 0 spiro atoms. The molecule has 0 atom stereocenters. The fraction of sp³-hybridized carbons (Fsp3) is 0.125. The van der Waals surface area contributed by atoms with Crippen molar-refractivity contribution in [1.29, 1.82) is 0 Å². The lowest BCUT2D eigenvalue weighted by molar-refractivity contribution is -0.105. The van der Waals surface area contributed by atoms with Gasteiger partial charge in [0.15, 0.2) is 0 Å². The zero-order chi connectivity index (χ0) is 10.1. The standard InChI is InChI=1S/C8H7BFNO3/c10-5-1-7-6(3-14-9(7)13)8(2-5)11-4-12/h1-2,4,13H,3H2,(H,11,12). The van der Waals surface area contributed by atoms with Crippen molar-refractivity contribution in [3.05, 3.63) is 23.5 Å². The molecular weight excluding hydrogens is 188 g/mol. The van der Waals surface area contributed by atoms with Crippen LogP contribution in [0.15, 0.2) is 12.1 Å². The minimum Gasteiger partial charge on any atom is -0.423 e. The topological polar surface area (TPSA) is 58.6 Å². The summed E-state index contributed by atoms with van der Waals surface area (Å²) in [4.78, 5) is 10.2. The van der Waals surface area contributed by atoms with Gasteiger partial charge in [0.1, 0.15) is 5.82 Å². The second kappa shape index (κ2) is 3.40. The van der Waals surface area contributed by atoms with E-state index in [4.69, 9.17) is 4.65 Å². The second-order valence-electron chi connectivity index (χ2n) is 2.95. The molecule has 0 bridgehead atoms. The van der Waals surface area contributed by atoms with Crippen LogP contribution in [0.25, 0.3) is 0 Å². The molecule has 0 radical (unpaired) electrons. The van der Waals surface area contributed by atoms with Gasteiger partial charge >= 0.3 is 7.12 Å². The molecule has 0 fully saturated rings. The van der Waals surface area contributed by atoms with Crippen molar-refractivity contribution in [3.63, 3.8) is 0 Å². The molecule has 6 heteroatoms. The molecule has 1 amide bonds. The summed E-state index contributed by atoms with van der Waals surface area (Å²) >= 11 is 0. The van der Waals surface area contributed by atoms with Crippen LogP contribution in [0.1, 0.15) is 5.56 Å². The fourth-order valence-corrected chi connectivity index (χ4v) is 1.48. The van der Waals surface area contributed by atoms with Gasteiger partial charge in [0, 0.05) is 5.69 Å². The molecule has 72 valence electrons. The summed E-state index contributed by atoms with van der Waals surface area (Å²) in [6.45, 7) is 0.174. The van der Waals surface area contributed by atoms with Crippen molar-refractivity contribution in [2.75, 3.05) is 5.32 Å². The van der Waals surface area contributed by atoms with Crippen molar-refractivity contribution >= 4 is 24.7 Å². The Labute approximate surface area is 79.8 Å². The van der Waals surface area contributed by atoms with E-state index in [1.54, 1.807) is 0 Å². The van der Waals surface area contributed by atoms with E-state index in [1.165, 1.54) is 12.1 Å². The average molecular weight is 195 g/mol. The summed E-state index contributed by atoms with van der Waals surface area (Å²) in [5.74, 6) is -0.516. The molecule has 4 nitrogen and oxygen atoms in total. The molecule has 1 aliphatic heterocycles. The zero-order valence-corrected chi connectivity index (χ0v) is 7.16. The highest BCUT2D eigenvalue weighted by Crippen LogP contribution is 2.20. The van der Waals surface area contributed by atoms with Crippen molar-refractivity contribution in [1.82, 2.24) is 0 Å². The van der Waals surface area contributed by atoms with Crippen LogP contribution in [0.5, 0.6) is 0 Å². The molecule has 2 rings (SSSR count). The molecule has 0 unspecified atom stereocenters. The molecule has 0 aliphatic carbocycles. The van der Waals surface area contributed by atoms with Gasteiger partial charge in [-0.25, -0.2) is 4.39 Å². The Morgan fingerprint density at radius 1 is 1.64 bits per heavy atom. The Morgan fingerprint density at radius 3 is 3.14 bits per heavy atom. The maximum Gasteiger partial charge on any atom is 0.491 e. The van der Waals surface area contributed by atoms with E-state index in [2.05, 4.69) is 5.32 Å². The fourth-order valence-electron chi connectivity index (χ4n) is 1.48. The van der Waals surface area contributed by atoms with E-state index in [1.807, 2.05) is 0 Å². The lowest BCUT2D eigenvalue weighted by Gasteiger charge is -2.05. The van der Waals surface area contributed by atoms with Gasteiger partial charge in [0.2, 0.25) is 6.41 Å². The molecule has 1 aromatic rings. The number of halogens is 1. The number of rotatable bonds is 2. The minimum atomic E-state index is -1.10. The Bertz CT molecular complexity index is 385. The van der Waals surface area contributed by atoms with Crippen LogP contribution < -0.4 is 10.8 Å². The SMILES string of the molecule is O=CNc1cc(F)cc2c1COB2O. The maximum absolute atomic E-state index is 13.0. The van der Waals surface area contributed by atoms with Gasteiger partial charge in [0.05, 0.1) is 6.61 Å². The Kier molecular flexibility index (Phi) is 2.22. The predicted octanol–water partition coefficient (Wildman–Crippen LogP) is -0.388. The lowest BCUT2D eigenvalue weighted by atomic mass is 9.79. The molecular formula is C8H7BFNO3. The summed E-state index contributed by atoms with van der Waals surface area (Å²) in [5, 5.41) is 11.7. The molecule has 0 aromatic heterocycles. The maximum atomic E-state index is 13.0. The van der Waals surface area contributed by atoms with Crippen LogP contribution in [0.3, 0.4) is 0 Å². The first-order valence-corrected chi connectivity index (χ1v) is 4.04. The average Bonchev–Trinajstić information content (AvgIpc) is 2.49. The van der Waals surface area contributed by atoms with Gasteiger partial charge in [-0.1, -0.05) is 0 Å². The monoisotopic (exact) mass is 195 g/mol. The number of carbonyl (C=O) groups excluding carboxylic acids is 1. The number of fused-ring (bicyclic) bond motifs is 1. The van der Waals surface area contributed by atoms with Crippen LogP contribution in [0.2, 0.25) is 0 Å². The smallest absolute Gasteiger partial charge is 0.423 e. The third-order valence-electron chi connectivity index (χ3n) is 2.12. The van der Waals surface area contributed by atoms with E-state index in [-0.39, 0.29) is 6.61 Å². The van der Waals surface area contributed by atoms with E-state index >= 15 is 0 Å². The highest BCUT2D eigenvalue weighted by atomic mass is 19.1. The number of amides is 1. The third-order valence-corrected chi connectivity index (χ3v) is 2.12. The van der Waals surface area contributed by atoms with Gasteiger partial charge in [-0.15, -0.1) is 0 Å². The van der Waals surface area contributed by atoms with Crippen LogP contribution >= 0.6 is 0 Å². The number of hydrogen-bond acceptors (Lipinski definition) is 3. The third kappa shape index (κ3) is 1.38.